The largest absolute Gasteiger partial charge is 0.371 e. The first-order valence-electron chi connectivity index (χ1n) is 8.05. The van der Waals surface area contributed by atoms with Crippen molar-refractivity contribution < 1.29 is 4.39 Å². The molecule has 3 heteroatoms. The fourth-order valence-corrected chi connectivity index (χ4v) is 2.92. The highest BCUT2D eigenvalue weighted by atomic mass is 19.1. The molecule has 118 valence electrons. The molecule has 1 atom stereocenters. The average molecular weight is 292 g/mol. The monoisotopic (exact) mass is 292 g/mol. The van der Waals surface area contributed by atoms with Crippen LogP contribution in [0.2, 0.25) is 0 Å². The summed E-state index contributed by atoms with van der Waals surface area (Å²) in [5.74, 6) is 1.31. The predicted octanol–water partition coefficient (Wildman–Crippen LogP) is 4.20. The SMILES string of the molecule is CC(C)C1CCN(c2cccc(F)c2CNC(C)(C)C)C1. The van der Waals surface area contributed by atoms with Gasteiger partial charge in [0.2, 0.25) is 0 Å². The predicted molar refractivity (Wildman–Crippen MR) is 88.2 cm³/mol. The normalized spacial score (nSPS) is 19.6. The molecule has 1 aliphatic rings. The van der Waals surface area contributed by atoms with Crippen LogP contribution in [0, 0.1) is 17.7 Å². The van der Waals surface area contributed by atoms with E-state index < -0.39 is 0 Å². The molecule has 0 spiro atoms. The van der Waals surface area contributed by atoms with Gasteiger partial charge in [-0.25, -0.2) is 4.39 Å². The van der Waals surface area contributed by atoms with E-state index in [0.717, 1.165) is 30.3 Å². The van der Waals surface area contributed by atoms with Crippen molar-refractivity contribution in [3.8, 4) is 0 Å². The maximum Gasteiger partial charge on any atom is 0.129 e. The zero-order valence-electron chi connectivity index (χ0n) is 14.0. The van der Waals surface area contributed by atoms with E-state index in [9.17, 15) is 4.39 Å². The fourth-order valence-electron chi connectivity index (χ4n) is 2.92. The third-order valence-electron chi connectivity index (χ3n) is 4.40. The van der Waals surface area contributed by atoms with Crippen LogP contribution in [0.15, 0.2) is 18.2 Å². The van der Waals surface area contributed by atoms with Gasteiger partial charge in [0.15, 0.2) is 0 Å². The van der Waals surface area contributed by atoms with Crippen LogP contribution < -0.4 is 10.2 Å². The second kappa shape index (κ2) is 6.35. The Kier molecular flexibility index (Phi) is 4.92. The van der Waals surface area contributed by atoms with E-state index in [-0.39, 0.29) is 11.4 Å². The lowest BCUT2D eigenvalue weighted by Crippen LogP contribution is -2.36. The van der Waals surface area contributed by atoms with E-state index in [4.69, 9.17) is 0 Å². The van der Waals surface area contributed by atoms with Gasteiger partial charge >= 0.3 is 0 Å². The smallest absolute Gasteiger partial charge is 0.129 e. The van der Waals surface area contributed by atoms with Crippen LogP contribution in [0.4, 0.5) is 10.1 Å². The topological polar surface area (TPSA) is 15.3 Å². The first kappa shape index (κ1) is 16.3. The van der Waals surface area contributed by atoms with Crippen LogP contribution in [-0.4, -0.2) is 18.6 Å². The minimum absolute atomic E-state index is 0.00890. The van der Waals surface area contributed by atoms with E-state index in [1.54, 1.807) is 6.07 Å². The molecule has 2 rings (SSSR count). The van der Waals surface area contributed by atoms with Crippen molar-refractivity contribution in [2.45, 2.75) is 53.1 Å². The highest BCUT2D eigenvalue weighted by molar-refractivity contribution is 5.55. The number of benzene rings is 1. The maximum atomic E-state index is 14.3. The molecule has 0 saturated carbocycles. The lowest BCUT2D eigenvalue weighted by molar-refractivity contribution is 0.417. The minimum atomic E-state index is -0.0998. The standard InChI is InChI=1S/C18H29FN2/c1-13(2)14-9-10-21(12-14)17-8-6-7-16(19)15(17)11-20-18(3,4)5/h6-8,13-14,20H,9-12H2,1-5H3. The minimum Gasteiger partial charge on any atom is -0.371 e. The zero-order chi connectivity index (χ0) is 15.6. The van der Waals surface area contributed by atoms with Gasteiger partial charge in [-0.3, -0.25) is 0 Å². The second-order valence-electron chi connectivity index (χ2n) is 7.58. The second-order valence-corrected chi connectivity index (χ2v) is 7.58. The summed E-state index contributed by atoms with van der Waals surface area (Å²) in [5, 5.41) is 3.41. The third-order valence-corrected chi connectivity index (χ3v) is 4.40. The number of hydrogen-bond donors (Lipinski definition) is 1. The van der Waals surface area contributed by atoms with Crippen molar-refractivity contribution in [1.82, 2.24) is 5.32 Å². The molecule has 0 amide bonds. The van der Waals surface area contributed by atoms with E-state index >= 15 is 0 Å². The van der Waals surface area contributed by atoms with Gasteiger partial charge in [0.1, 0.15) is 5.82 Å². The van der Waals surface area contributed by atoms with Gasteiger partial charge in [-0.2, -0.15) is 0 Å². The maximum absolute atomic E-state index is 14.3. The Morgan fingerprint density at radius 1 is 1.33 bits per heavy atom. The molecule has 1 aromatic rings. The van der Waals surface area contributed by atoms with E-state index in [2.05, 4.69) is 50.9 Å². The molecular weight excluding hydrogens is 263 g/mol. The van der Waals surface area contributed by atoms with E-state index in [1.807, 2.05) is 6.07 Å². The van der Waals surface area contributed by atoms with Crippen molar-refractivity contribution in [2.24, 2.45) is 11.8 Å². The Hall–Kier alpha value is -1.09. The zero-order valence-corrected chi connectivity index (χ0v) is 14.0. The van der Waals surface area contributed by atoms with Crippen LogP contribution in [0.1, 0.15) is 46.6 Å². The summed E-state index contributed by atoms with van der Waals surface area (Å²) in [4.78, 5) is 2.35. The molecule has 21 heavy (non-hydrogen) atoms. The lowest BCUT2D eigenvalue weighted by Gasteiger charge is -2.26. The van der Waals surface area contributed by atoms with Crippen molar-refractivity contribution in [3.63, 3.8) is 0 Å². The van der Waals surface area contributed by atoms with Crippen molar-refractivity contribution in [3.05, 3.63) is 29.6 Å². The van der Waals surface area contributed by atoms with Crippen molar-refractivity contribution in [1.29, 1.82) is 0 Å². The molecular formula is C18H29FN2. The highest BCUT2D eigenvalue weighted by Gasteiger charge is 2.27. The molecule has 1 aromatic carbocycles. The first-order chi connectivity index (χ1) is 9.78. The van der Waals surface area contributed by atoms with Crippen LogP contribution in [-0.2, 0) is 6.54 Å². The number of nitrogens with one attached hydrogen (secondary N) is 1. The number of anilines is 1. The molecule has 0 aliphatic carbocycles. The molecule has 0 bridgehead atoms. The highest BCUT2D eigenvalue weighted by Crippen LogP contribution is 2.31. The van der Waals surface area contributed by atoms with Crippen LogP contribution in [0.3, 0.4) is 0 Å². The van der Waals surface area contributed by atoms with Crippen molar-refractivity contribution >= 4 is 5.69 Å². The van der Waals surface area contributed by atoms with E-state index in [1.165, 1.54) is 6.42 Å². The molecule has 1 N–H and O–H groups in total. The Labute approximate surface area is 128 Å². The van der Waals surface area contributed by atoms with Gasteiger partial charge in [-0.1, -0.05) is 19.9 Å². The Morgan fingerprint density at radius 2 is 2.05 bits per heavy atom. The quantitative estimate of drug-likeness (QED) is 0.895. The Morgan fingerprint density at radius 3 is 2.62 bits per heavy atom. The molecule has 1 unspecified atom stereocenters. The number of halogens is 1. The van der Waals surface area contributed by atoms with Gasteiger partial charge in [-0.05, 0) is 51.2 Å². The summed E-state index contributed by atoms with van der Waals surface area (Å²) in [6.45, 7) is 13.5. The number of nitrogens with zero attached hydrogens (tertiary/aromatic N) is 1. The Balaban J connectivity index is 2.18. The van der Waals surface area contributed by atoms with Crippen LogP contribution >= 0.6 is 0 Å². The van der Waals surface area contributed by atoms with Gasteiger partial charge in [-0.15, -0.1) is 0 Å². The van der Waals surface area contributed by atoms with Gasteiger partial charge in [0.05, 0.1) is 0 Å². The average Bonchev–Trinajstić information content (AvgIpc) is 2.85. The van der Waals surface area contributed by atoms with E-state index in [0.29, 0.717) is 12.5 Å². The summed E-state index contributed by atoms with van der Waals surface area (Å²) in [6, 6.07) is 5.46. The molecule has 1 fully saturated rings. The van der Waals surface area contributed by atoms with Crippen LogP contribution in [0.25, 0.3) is 0 Å². The fraction of sp³-hybridized carbons (Fsp3) is 0.667. The molecule has 2 nitrogen and oxygen atoms in total. The Bertz CT molecular complexity index is 477. The van der Waals surface area contributed by atoms with Gasteiger partial charge in [0, 0.05) is 36.4 Å². The number of hydrogen-bond acceptors (Lipinski definition) is 2. The molecule has 0 radical (unpaired) electrons. The molecule has 1 saturated heterocycles. The molecule has 1 heterocycles. The summed E-state index contributed by atoms with van der Waals surface area (Å²) < 4.78 is 14.3. The van der Waals surface area contributed by atoms with Crippen molar-refractivity contribution in [2.75, 3.05) is 18.0 Å². The summed E-state index contributed by atoms with van der Waals surface area (Å²) >= 11 is 0. The van der Waals surface area contributed by atoms with Gasteiger partial charge in [0.25, 0.3) is 0 Å². The summed E-state index contributed by atoms with van der Waals surface area (Å²) in [6.07, 6.45) is 1.21. The first-order valence-corrected chi connectivity index (χ1v) is 8.05. The van der Waals surface area contributed by atoms with Gasteiger partial charge < -0.3 is 10.2 Å². The molecule has 0 aromatic heterocycles. The summed E-state index contributed by atoms with van der Waals surface area (Å²) in [7, 11) is 0. The van der Waals surface area contributed by atoms with Crippen LogP contribution in [0.5, 0.6) is 0 Å². The summed E-state index contributed by atoms with van der Waals surface area (Å²) in [5.41, 5.74) is 1.86. The third kappa shape index (κ3) is 4.19. The number of rotatable bonds is 4. The lowest BCUT2D eigenvalue weighted by atomic mass is 9.95. The molecule has 1 aliphatic heterocycles.